The Hall–Kier alpha value is -1.86. The molecule has 1 saturated heterocycles. The van der Waals surface area contributed by atoms with Gasteiger partial charge in [0, 0.05) is 30.6 Å². The maximum Gasteiger partial charge on any atom is 0.410 e. The first kappa shape index (κ1) is 22.3. The molecule has 168 valence electrons. The highest BCUT2D eigenvalue weighted by Gasteiger charge is 2.37. The number of hydrogen-bond acceptors (Lipinski definition) is 5. The van der Waals surface area contributed by atoms with Crippen molar-refractivity contribution in [3.8, 4) is 0 Å². The molecule has 6 nitrogen and oxygen atoms in total. The molecule has 1 unspecified atom stereocenters. The average Bonchev–Trinajstić information content (AvgIpc) is 3.44. The van der Waals surface area contributed by atoms with Crippen LogP contribution in [-0.2, 0) is 9.53 Å². The van der Waals surface area contributed by atoms with Crippen LogP contribution < -0.4 is 4.90 Å². The molecule has 0 spiro atoms. The second-order valence-electron chi connectivity index (χ2n) is 9.72. The minimum absolute atomic E-state index is 0.0993. The third-order valence-corrected chi connectivity index (χ3v) is 6.92. The Morgan fingerprint density at radius 2 is 2.03 bits per heavy atom. The van der Waals surface area contributed by atoms with Gasteiger partial charge in [0.1, 0.15) is 5.60 Å². The molecule has 1 aromatic carbocycles. The Morgan fingerprint density at radius 1 is 1.29 bits per heavy atom. The number of carbonyl (C=O) groups excluding carboxylic acids is 2. The molecule has 1 aromatic heterocycles. The van der Waals surface area contributed by atoms with Crippen molar-refractivity contribution in [2.75, 3.05) is 24.5 Å². The van der Waals surface area contributed by atoms with Gasteiger partial charge in [0.25, 0.3) is 0 Å². The number of hydrogen-bond donors (Lipinski definition) is 0. The number of fused-ring (bicyclic) bond motifs is 1. The number of rotatable bonds is 4. The number of ether oxygens (including phenoxy) is 1. The summed E-state index contributed by atoms with van der Waals surface area (Å²) in [5, 5.41) is 1.41. The van der Waals surface area contributed by atoms with Gasteiger partial charge in [-0.2, -0.15) is 0 Å². The predicted octanol–water partition coefficient (Wildman–Crippen LogP) is 5.65. The van der Waals surface area contributed by atoms with Gasteiger partial charge in [-0.15, -0.1) is 0 Å². The van der Waals surface area contributed by atoms with E-state index in [0.29, 0.717) is 24.7 Å². The quantitative estimate of drug-likeness (QED) is 0.587. The highest BCUT2D eigenvalue weighted by atomic mass is 35.5. The standard InChI is InChI=1S/C23H30ClN3O3S/c1-14-10-17(24)11-18-19(14)25-21(31-18)27(20(28)16-7-8-16)13-15-6-5-9-26(12-15)22(29)30-23(2,3)4/h10-11,15-16H,5-9,12-13H2,1-4H3. The van der Waals surface area contributed by atoms with E-state index in [-0.39, 0.29) is 23.8 Å². The average molecular weight is 464 g/mol. The van der Waals surface area contributed by atoms with Crippen LogP contribution in [0.15, 0.2) is 12.1 Å². The number of carbonyl (C=O) groups is 2. The second kappa shape index (κ2) is 8.58. The fourth-order valence-electron chi connectivity index (χ4n) is 4.04. The largest absolute Gasteiger partial charge is 0.444 e. The Balaban J connectivity index is 1.54. The first-order valence-corrected chi connectivity index (χ1v) is 12.2. The summed E-state index contributed by atoms with van der Waals surface area (Å²) in [6.45, 7) is 9.49. The number of aromatic nitrogens is 1. The van der Waals surface area contributed by atoms with E-state index in [4.69, 9.17) is 21.3 Å². The molecule has 0 bridgehead atoms. The topological polar surface area (TPSA) is 62.7 Å². The minimum atomic E-state index is -0.516. The van der Waals surface area contributed by atoms with E-state index in [1.165, 1.54) is 11.3 Å². The molecule has 2 aliphatic rings. The fraction of sp³-hybridized carbons (Fsp3) is 0.609. The van der Waals surface area contributed by atoms with Crippen molar-refractivity contribution in [1.29, 1.82) is 0 Å². The van der Waals surface area contributed by atoms with Crippen LogP contribution in [0, 0.1) is 18.8 Å². The maximum absolute atomic E-state index is 13.2. The lowest BCUT2D eigenvalue weighted by molar-refractivity contribution is -0.120. The molecule has 2 heterocycles. The van der Waals surface area contributed by atoms with Crippen LogP contribution in [0.5, 0.6) is 0 Å². The first-order chi connectivity index (χ1) is 14.6. The summed E-state index contributed by atoms with van der Waals surface area (Å²) in [5.41, 5.74) is 1.40. The van der Waals surface area contributed by atoms with Crippen LogP contribution in [0.4, 0.5) is 9.93 Å². The molecule has 1 aliphatic carbocycles. The lowest BCUT2D eigenvalue weighted by Gasteiger charge is -2.36. The Morgan fingerprint density at radius 3 is 2.71 bits per heavy atom. The van der Waals surface area contributed by atoms with Gasteiger partial charge in [-0.05, 0) is 77.0 Å². The summed E-state index contributed by atoms with van der Waals surface area (Å²) in [5.74, 6) is 0.445. The van der Waals surface area contributed by atoms with Crippen LogP contribution in [0.2, 0.25) is 5.02 Å². The number of likely N-dealkylation sites (tertiary alicyclic amines) is 1. The Kier molecular flexibility index (Phi) is 6.19. The minimum Gasteiger partial charge on any atom is -0.444 e. The molecule has 2 fully saturated rings. The van der Waals surface area contributed by atoms with Crippen molar-refractivity contribution in [1.82, 2.24) is 9.88 Å². The smallest absolute Gasteiger partial charge is 0.410 e. The molecule has 0 N–H and O–H groups in total. The monoisotopic (exact) mass is 463 g/mol. The number of piperidine rings is 1. The van der Waals surface area contributed by atoms with Crippen LogP contribution in [0.25, 0.3) is 10.2 Å². The molecule has 1 aliphatic heterocycles. The molecule has 0 radical (unpaired) electrons. The van der Waals surface area contributed by atoms with Gasteiger partial charge in [-0.25, -0.2) is 9.78 Å². The predicted molar refractivity (Wildman–Crippen MR) is 125 cm³/mol. The summed E-state index contributed by atoms with van der Waals surface area (Å²) in [4.78, 5) is 34.2. The number of benzene rings is 1. The summed E-state index contributed by atoms with van der Waals surface area (Å²) < 4.78 is 6.55. The second-order valence-corrected chi connectivity index (χ2v) is 11.2. The summed E-state index contributed by atoms with van der Waals surface area (Å²) in [6.07, 6.45) is 3.50. The molecular weight excluding hydrogens is 434 g/mol. The number of thiazole rings is 1. The molecule has 8 heteroatoms. The van der Waals surface area contributed by atoms with Crippen LogP contribution >= 0.6 is 22.9 Å². The van der Waals surface area contributed by atoms with Crippen LogP contribution in [0.3, 0.4) is 0 Å². The van der Waals surface area contributed by atoms with E-state index in [1.54, 1.807) is 4.90 Å². The number of aryl methyl sites for hydroxylation is 1. The van der Waals surface area contributed by atoms with Crippen molar-refractivity contribution in [2.24, 2.45) is 11.8 Å². The summed E-state index contributed by atoms with van der Waals surface area (Å²) in [7, 11) is 0. The first-order valence-electron chi connectivity index (χ1n) is 11.0. The summed E-state index contributed by atoms with van der Waals surface area (Å²) >= 11 is 7.75. The van der Waals surface area contributed by atoms with E-state index in [0.717, 1.165) is 46.6 Å². The van der Waals surface area contributed by atoms with E-state index in [1.807, 2.05) is 44.7 Å². The Labute approximate surface area is 192 Å². The van der Waals surface area contributed by atoms with Crippen LogP contribution in [-0.4, -0.2) is 47.1 Å². The molecule has 1 saturated carbocycles. The van der Waals surface area contributed by atoms with Gasteiger partial charge in [0.05, 0.1) is 10.2 Å². The highest BCUT2D eigenvalue weighted by molar-refractivity contribution is 7.22. The van der Waals surface area contributed by atoms with Gasteiger partial charge in [0.15, 0.2) is 5.13 Å². The van der Waals surface area contributed by atoms with Gasteiger partial charge >= 0.3 is 6.09 Å². The SMILES string of the molecule is Cc1cc(Cl)cc2sc(N(CC3CCCN(C(=O)OC(C)(C)C)C3)C(=O)C3CC3)nc12. The highest BCUT2D eigenvalue weighted by Crippen LogP contribution is 2.38. The molecule has 2 aromatic rings. The lowest BCUT2D eigenvalue weighted by Crippen LogP contribution is -2.46. The maximum atomic E-state index is 13.2. The number of amides is 2. The van der Waals surface area contributed by atoms with Crippen molar-refractivity contribution in [2.45, 2.75) is 59.0 Å². The molecule has 2 amide bonds. The van der Waals surface area contributed by atoms with Gasteiger partial charge in [0.2, 0.25) is 5.91 Å². The normalized spacial score (nSPS) is 19.5. The third kappa shape index (κ3) is 5.32. The molecule has 1 atom stereocenters. The Bertz CT molecular complexity index is 996. The van der Waals surface area contributed by atoms with Crippen molar-refractivity contribution in [3.63, 3.8) is 0 Å². The van der Waals surface area contributed by atoms with Crippen molar-refractivity contribution in [3.05, 3.63) is 22.7 Å². The lowest BCUT2D eigenvalue weighted by atomic mass is 9.97. The summed E-state index contributed by atoms with van der Waals surface area (Å²) in [6, 6.07) is 3.82. The number of nitrogens with zero attached hydrogens (tertiary/aromatic N) is 3. The molecular formula is C23H30ClN3O3S. The third-order valence-electron chi connectivity index (χ3n) is 5.67. The van der Waals surface area contributed by atoms with Gasteiger partial charge in [-0.1, -0.05) is 22.9 Å². The van der Waals surface area contributed by atoms with Crippen molar-refractivity contribution < 1.29 is 14.3 Å². The van der Waals surface area contributed by atoms with E-state index in [9.17, 15) is 9.59 Å². The van der Waals surface area contributed by atoms with E-state index in [2.05, 4.69) is 0 Å². The molecule has 31 heavy (non-hydrogen) atoms. The molecule has 4 rings (SSSR count). The fourth-order valence-corrected chi connectivity index (χ4v) is 5.47. The number of anilines is 1. The number of halogens is 1. The zero-order chi connectivity index (χ0) is 22.3. The zero-order valence-electron chi connectivity index (χ0n) is 18.6. The van der Waals surface area contributed by atoms with E-state index < -0.39 is 5.60 Å². The van der Waals surface area contributed by atoms with Gasteiger partial charge in [-0.3, -0.25) is 9.69 Å². The van der Waals surface area contributed by atoms with Crippen LogP contribution in [0.1, 0.15) is 52.0 Å². The van der Waals surface area contributed by atoms with E-state index >= 15 is 0 Å². The zero-order valence-corrected chi connectivity index (χ0v) is 20.2. The van der Waals surface area contributed by atoms with Gasteiger partial charge < -0.3 is 9.64 Å². The van der Waals surface area contributed by atoms with Crippen molar-refractivity contribution >= 4 is 50.3 Å².